The number of rotatable bonds is 8. The van der Waals surface area contributed by atoms with Gasteiger partial charge in [0.25, 0.3) is 0 Å². The molecule has 0 spiro atoms. The summed E-state index contributed by atoms with van der Waals surface area (Å²) in [6, 6.07) is 9.27. The third-order valence-corrected chi connectivity index (χ3v) is 7.12. The van der Waals surface area contributed by atoms with Crippen LogP contribution in [-0.4, -0.2) is 49.2 Å². The number of nitrogens with zero attached hydrogens (tertiary/aromatic N) is 4. The molecule has 2 aliphatic carbocycles. The molecule has 0 bridgehead atoms. The molecule has 0 radical (unpaired) electrons. The number of carbonyl (C=O) groups excluding carboxylic acids is 2. The Morgan fingerprint density at radius 3 is 2.62 bits per heavy atom. The van der Waals surface area contributed by atoms with E-state index in [2.05, 4.69) is 26.0 Å². The fourth-order valence-electron chi connectivity index (χ4n) is 4.38. The lowest BCUT2D eigenvalue weighted by Gasteiger charge is -2.25. The Morgan fingerprint density at radius 1 is 1.25 bits per heavy atom. The summed E-state index contributed by atoms with van der Waals surface area (Å²) in [5, 5.41) is 22.6. The Bertz CT molecular complexity index is 1500. The molecule has 210 valence electrons. The van der Waals surface area contributed by atoms with Crippen LogP contribution in [0.15, 0.2) is 30.5 Å². The largest absolute Gasteiger partial charge is 0.616 e. The summed E-state index contributed by atoms with van der Waals surface area (Å²) in [7, 11) is 0. The van der Waals surface area contributed by atoms with Gasteiger partial charge in [0.1, 0.15) is 28.8 Å². The summed E-state index contributed by atoms with van der Waals surface area (Å²) in [4.78, 5) is 29.4. The second kappa shape index (κ2) is 10.5. The molecule has 2 heterocycles. The summed E-state index contributed by atoms with van der Waals surface area (Å²) in [6.45, 7) is 5.43. The molecule has 2 amide bonds. The standard InChI is InChI=1S/C27H31N7O5S/c1-26(2,3)39-25(36)33-27(9-10-27)20-8-7-19(11-16(20)15-40(4)37)30-21-12-22(38-24(35)31-18-5-6-18)34-23(32-21)17(13-28)14-29-34/h7-8,11-12,14,18H,5-6,9-10,15H2,1-4H3,(H,30,32)(H,31,35)(H,33,36). The first-order valence-corrected chi connectivity index (χ1v) is 14.7. The lowest BCUT2D eigenvalue weighted by molar-refractivity contribution is 0.0495. The summed E-state index contributed by atoms with van der Waals surface area (Å²) in [5.41, 5.74) is 1.57. The van der Waals surface area contributed by atoms with Crippen molar-refractivity contribution in [3.05, 3.63) is 47.2 Å². The van der Waals surface area contributed by atoms with Gasteiger partial charge in [-0.25, -0.2) is 14.6 Å². The zero-order valence-electron chi connectivity index (χ0n) is 22.7. The molecule has 3 N–H and O–H groups in total. The van der Waals surface area contributed by atoms with Crippen molar-refractivity contribution in [2.75, 3.05) is 11.6 Å². The molecule has 1 unspecified atom stereocenters. The van der Waals surface area contributed by atoms with Crippen LogP contribution in [0.2, 0.25) is 0 Å². The zero-order chi connectivity index (χ0) is 28.7. The van der Waals surface area contributed by atoms with Crippen molar-refractivity contribution in [1.29, 1.82) is 5.26 Å². The van der Waals surface area contributed by atoms with E-state index >= 15 is 0 Å². The second-order valence-electron chi connectivity index (χ2n) is 11.1. The van der Waals surface area contributed by atoms with Crippen molar-refractivity contribution >= 4 is 40.5 Å². The Labute approximate surface area is 234 Å². The van der Waals surface area contributed by atoms with E-state index in [1.54, 1.807) is 6.26 Å². The average molecular weight is 566 g/mol. The van der Waals surface area contributed by atoms with Gasteiger partial charge in [0.05, 0.1) is 18.0 Å². The van der Waals surface area contributed by atoms with Crippen molar-refractivity contribution < 1.29 is 23.6 Å². The number of nitrogens with one attached hydrogen (secondary N) is 3. The van der Waals surface area contributed by atoms with Crippen LogP contribution in [0, 0.1) is 11.3 Å². The molecular weight excluding hydrogens is 534 g/mol. The van der Waals surface area contributed by atoms with Crippen molar-refractivity contribution in [3.63, 3.8) is 0 Å². The van der Waals surface area contributed by atoms with Gasteiger partial charge in [0.15, 0.2) is 5.65 Å². The molecular formula is C27H31N7O5S. The molecule has 1 atom stereocenters. The highest BCUT2D eigenvalue weighted by Gasteiger charge is 2.48. The molecule has 2 aromatic heterocycles. The molecule has 2 aliphatic rings. The SMILES string of the molecule is C[S+]([O-])Cc1cc(Nc2cc(OC(=O)NC3CC3)n3ncc(C#N)c3n2)ccc1C1(NC(=O)OC(C)(C)C)CC1. The van der Waals surface area contributed by atoms with Gasteiger partial charge < -0.3 is 30.0 Å². The van der Waals surface area contributed by atoms with Crippen LogP contribution in [0.5, 0.6) is 5.88 Å². The smallest absolute Gasteiger partial charge is 0.414 e. The maximum atomic E-state index is 12.6. The lowest BCUT2D eigenvalue weighted by Crippen LogP contribution is -2.39. The van der Waals surface area contributed by atoms with Crippen LogP contribution in [-0.2, 0) is 27.2 Å². The van der Waals surface area contributed by atoms with Crippen LogP contribution < -0.4 is 20.7 Å². The zero-order valence-corrected chi connectivity index (χ0v) is 23.6. The highest BCUT2D eigenvalue weighted by Crippen LogP contribution is 2.48. The van der Waals surface area contributed by atoms with E-state index in [1.165, 1.54) is 16.8 Å². The predicted octanol–water partition coefficient (Wildman–Crippen LogP) is 3.99. The van der Waals surface area contributed by atoms with Crippen molar-refractivity contribution in [2.45, 2.75) is 69.4 Å². The first-order chi connectivity index (χ1) is 18.9. The lowest BCUT2D eigenvalue weighted by atomic mass is 9.98. The minimum atomic E-state index is -1.14. The molecule has 5 rings (SSSR count). The third-order valence-electron chi connectivity index (χ3n) is 6.40. The Morgan fingerprint density at radius 2 is 2.00 bits per heavy atom. The monoisotopic (exact) mass is 565 g/mol. The van der Waals surface area contributed by atoms with E-state index in [9.17, 15) is 19.4 Å². The van der Waals surface area contributed by atoms with Gasteiger partial charge in [-0.1, -0.05) is 17.2 Å². The molecule has 13 heteroatoms. The fraction of sp³-hybridized carbons (Fsp3) is 0.444. The number of amides is 2. The van der Waals surface area contributed by atoms with Crippen LogP contribution in [0.25, 0.3) is 5.65 Å². The number of aromatic nitrogens is 3. The van der Waals surface area contributed by atoms with Crippen LogP contribution in [0.1, 0.15) is 63.1 Å². The van der Waals surface area contributed by atoms with Gasteiger partial charge in [0.2, 0.25) is 5.88 Å². The minimum Gasteiger partial charge on any atom is -0.616 e. The molecule has 40 heavy (non-hydrogen) atoms. The number of hydrogen-bond donors (Lipinski definition) is 3. The van der Waals surface area contributed by atoms with Crippen LogP contribution in [0.3, 0.4) is 0 Å². The number of fused-ring (bicyclic) bond motifs is 1. The molecule has 0 saturated heterocycles. The normalized spacial score (nSPS) is 16.5. The molecule has 0 aliphatic heterocycles. The summed E-state index contributed by atoms with van der Waals surface area (Å²) in [5.74, 6) is 0.701. The van der Waals surface area contributed by atoms with E-state index in [0.717, 1.165) is 36.8 Å². The second-order valence-corrected chi connectivity index (χ2v) is 12.6. The number of alkyl carbamates (subject to hydrolysis) is 1. The first kappa shape index (κ1) is 27.5. The number of ether oxygens (including phenoxy) is 2. The molecule has 2 fully saturated rings. The van der Waals surface area contributed by atoms with E-state index in [-0.39, 0.29) is 28.9 Å². The summed E-state index contributed by atoms with van der Waals surface area (Å²) < 4.78 is 24.5. The molecule has 1 aromatic carbocycles. The number of benzene rings is 1. The quantitative estimate of drug-likeness (QED) is 0.342. The van der Waals surface area contributed by atoms with Gasteiger partial charge in [-0.15, -0.1) is 0 Å². The maximum absolute atomic E-state index is 12.6. The van der Waals surface area contributed by atoms with Gasteiger partial charge in [-0.3, -0.25) is 0 Å². The third kappa shape index (κ3) is 6.40. The average Bonchev–Trinajstić information content (AvgIpc) is 3.77. The minimum absolute atomic E-state index is 0.0946. The highest BCUT2D eigenvalue weighted by molar-refractivity contribution is 7.89. The van der Waals surface area contributed by atoms with Crippen LogP contribution >= 0.6 is 0 Å². The van der Waals surface area contributed by atoms with Crippen molar-refractivity contribution in [3.8, 4) is 11.9 Å². The van der Waals surface area contributed by atoms with Gasteiger partial charge in [-0.2, -0.15) is 14.9 Å². The maximum Gasteiger partial charge on any atom is 0.414 e. The number of carbonyl (C=O) groups is 2. The van der Waals surface area contributed by atoms with Crippen molar-refractivity contribution in [2.24, 2.45) is 0 Å². The highest BCUT2D eigenvalue weighted by atomic mass is 32.2. The van der Waals surface area contributed by atoms with Gasteiger partial charge >= 0.3 is 12.2 Å². The predicted molar refractivity (Wildman–Crippen MR) is 148 cm³/mol. The van der Waals surface area contributed by atoms with Gasteiger partial charge in [0, 0.05) is 23.4 Å². The topological polar surface area (TPSA) is 166 Å². The summed E-state index contributed by atoms with van der Waals surface area (Å²) >= 11 is -1.14. The first-order valence-electron chi connectivity index (χ1n) is 12.9. The van der Waals surface area contributed by atoms with E-state index in [4.69, 9.17) is 9.47 Å². The summed E-state index contributed by atoms with van der Waals surface area (Å²) in [6.07, 6.45) is 5.16. The molecule has 2 saturated carbocycles. The van der Waals surface area contributed by atoms with Crippen molar-refractivity contribution in [1.82, 2.24) is 25.2 Å². The van der Waals surface area contributed by atoms with Crippen LogP contribution in [0.4, 0.5) is 21.1 Å². The number of hydrogen-bond acceptors (Lipinski definition) is 9. The Balaban J connectivity index is 1.43. The van der Waals surface area contributed by atoms with Gasteiger partial charge in [-0.05, 0) is 64.2 Å². The Kier molecular flexibility index (Phi) is 7.24. The van der Waals surface area contributed by atoms with E-state index in [1.807, 2.05) is 45.0 Å². The number of nitriles is 1. The molecule has 12 nitrogen and oxygen atoms in total. The molecule has 3 aromatic rings. The Hall–Kier alpha value is -4.02. The number of anilines is 2. The fourth-order valence-corrected chi connectivity index (χ4v) is 5.06. The van der Waals surface area contributed by atoms with E-state index < -0.39 is 34.5 Å². The van der Waals surface area contributed by atoms with E-state index in [0.29, 0.717) is 11.5 Å².